The highest BCUT2D eigenvalue weighted by Gasteiger charge is 2.54. The van der Waals surface area contributed by atoms with Gasteiger partial charge < -0.3 is 10.5 Å². The van der Waals surface area contributed by atoms with Gasteiger partial charge in [-0.05, 0) is 31.0 Å². The summed E-state index contributed by atoms with van der Waals surface area (Å²) in [6.07, 6.45) is 8.71. The minimum Gasteiger partial charge on any atom is -0.490 e. The number of halogens is 2. The van der Waals surface area contributed by atoms with E-state index in [-0.39, 0.29) is 17.6 Å². The molecule has 2 N–H and O–H groups in total. The molecule has 3 rings (SSSR count). The fourth-order valence-corrected chi connectivity index (χ4v) is 4.29. The van der Waals surface area contributed by atoms with Crippen molar-refractivity contribution in [3.63, 3.8) is 0 Å². The highest BCUT2D eigenvalue weighted by atomic mass is 35.5. The van der Waals surface area contributed by atoms with Gasteiger partial charge in [0.15, 0.2) is 0 Å². The van der Waals surface area contributed by atoms with Crippen molar-refractivity contribution in [1.29, 1.82) is 0 Å². The second-order valence-electron chi connectivity index (χ2n) is 6.20. The van der Waals surface area contributed by atoms with Gasteiger partial charge in [0.25, 0.3) is 0 Å². The molecule has 0 aliphatic heterocycles. The molecule has 2 aliphatic rings. The van der Waals surface area contributed by atoms with Crippen LogP contribution in [0.4, 0.5) is 0 Å². The molecule has 1 aromatic rings. The predicted octanol–water partition coefficient (Wildman–Crippen LogP) is 4.81. The summed E-state index contributed by atoms with van der Waals surface area (Å²) in [7, 11) is 0. The Labute approximate surface area is 130 Å². The molecular weight excluding hydrogens is 293 g/mol. The van der Waals surface area contributed by atoms with E-state index < -0.39 is 0 Å². The van der Waals surface area contributed by atoms with Crippen molar-refractivity contribution in [2.24, 2.45) is 11.1 Å². The zero-order valence-corrected chi connectivity index (χ0v) is 13.1. The molecule has 0 radical (unpaired) electrons. The van der Waals surface area contributed by atoms with Crippen molar-refractivity contribution < 1.29 is 4.74 Å². The Hall–Kier alpha value is -0.440. The fourth-order valence-electron chi connectivity index (χ4n) is 3.78. The zero-order valence-electron chi connectivity index (χ0n) is 11.6. The SMILES string of the molecule is NC1CC(Oc2cc(Cl)cc(Cl)c2)C12CCCCCC2. The average Bonchev–Trinajstić information content (AvgIpc) is 2.65. The Kier molecular flexibility index (Phi) is 4.16. The second kappa shape index (κ2) is 5.75. The predicted molar refractivity (Wildman–Crippen MR) is 83.6 cm³/mol. The van der Waals surface area contributed by atoms with Crippen molar-refractivity contribution in [2.75, 3.05) is 0 Å². The van der Waals surface area contributed by atoms with Gasteiger partial charge in [-0.2, -0.15) is 0 Å². The molecule has 1 aromatic carbocycles. The summed E-state index contributed by atoms with van der Waals surface area (Å²) in [5.41, 5.74) is 6.50. The minimum atomic E-state index is 0.172. The maximum Gasteiger partial charge on any atom is 0.122 e. The van der Waals surface area contributed by atoms with Crippen molar-refractivity contribution in [3.05, 3.63) is 28.2 Å². The van der Waals surface area contributed by atoms with Gasteiger partial charge in [0.1, 0.15) is 11.9 Å². The lowest BCUT2D eigenvalue weighted by Crippen LogP contribution is -2.63. The van der Waals surface area contributed by atoms with Crippen LogP contribution in [0, 0.1) is 5.41 Å². The first-order valence-electron chi connectivity index (χ1n) is 7.48. The molecule has 4 heteroatoms. The largest absolute Gasteiger partial charge is 0.490 e. The standard InChI is InChI=1S/C16H21Cl2NO/c17-11-7-12(18)9-13(8-11)20-15-10-14(19)16(15)5-3-1-2-4-6-16/h7-9,14-15H,1-6,10,19H2. The summed E-state index contributed by atoms with van der Waals surface area (Å²) in [6.45, 7) is 0. The van der Waals surface area contributed by atoms with E-state index in [1.54, 1.807) is 6.07 Å². The maximum atomic E-state index is 6.33. The lowest BCUT2D eigenvalue weighted by molar-refractivity contribution is -0.0770. The molecule has 0 amide bonds. The van der Waals surface area contributed by atoms with E-state index in [0.29, 0.717) is 10.0 Å². The van der Waals surface area contributed by atoms with Crippen LogP contribution in [0.25, 0.3) is 0 Å². The van der Waals surface area contributed by atoms with Crippen LogP contribution in [-0.2, 0) is 0 Å². The van der Waals surface area contributed by atoms with Gasteiger partial charge in [-0.3, -0.25) is 0 Å². The van der Waals surface area contributed by atoms with Crippen molar-refractivity contribution in [1.82, 2.24) is 0 Å². The molecule has 2 nitrogen and oxygen atoms in total. The van der Waals surface area contributed by atoms with E-state index in [0.717, 1.165) is 12.2 Å². The van der Waals surface area contributed by atoms with Gasteiger partial charge in [-0.15, -0.1) is 0 Å². The monoisotopic (exact) mass is 313 g/mol. The molecule has 20 heavy (non-hydrogen) atoms. The van der Waals surface area contributed by atoms with Crippen LogP contribution in [0.2, 0.25) is 10.0 Å². The lowest BCUT2D eigenvalue weighted by Gasteiger charge is -2.54. The zero-order chi connectivity index (χ0) is 14.2. The smallest absolute Gasteiger partial charge is 0.122 e. The summed E-state index contributed by atoms with van der Waals surface area (Å²) < 4.78 is 6.18. The van der Waals surface area contributed by atoms with Crippen LogP contribution in [0.5, 0.6) is 5.75 Å². The first-order valence-corrected chi connectivity index (χ1v) is 8.24. The van der Waals surface area contributed by atoms with Gasteiger partial charge in [-0.25, -0.2) is 0 Å². The van der Waals surface area contributed by atoms with E-state index in [1.165, 1.54) is 38.5 Å². The van der Waals surface area contributed by atoms with Gasteiger partial charge in [0.05, 0.1) is 0 Å². The molecule has 0 aromatic heterocycles. The topological polar surface area (TPSA) is 35.2 Å². The van der Waals surface area contributed by atoms with E-state index in [4.69, 9.17) is 33.7 Å². The molecule has 110 valence electrons. The Bertz CT molecular complexity index is 463. The van der Waals surface area contributed by atoms with Crippen LogP contribution in [0.15, 0.2) is 18.2 Å². The molecule has 2 unspecified atom stereocenters. The van der Waals surface area contributed by atoms with Crippen molar-refractivity contribution in [3.8, 4) is 5.75 Å². The highest BCUT2D eigenvalue weighted by Crippen LogP contribution is 2.51. The molecule has 2 fully saturated rings. The Morgan fingerprint density at radius 3 is 2.15 bits per heavy atom. The van der Waals surface area contributed by atoms with Crippen LogP contribution >= 0.6 is 23.2 Å². The second-order valence-corrected chi connectivity index (χ2v) is 7.07. The quantitative estimate of drug-likeness (QED) is 0.850. The first kappa shape index (κ1) is 14.5. The summed E-state index contributed by atoms with van der Waals surface area (Å²) >= 11 is 12.1. The van der Waals surface area contributed by atoms with E-state index in [1.807, 2.05) is 12.1 Å². The van der Waals surface area contributed by atoms with E-state index in [2.05, 4.69) is 0 Å². The van der Waals surface area contributed by atoms with E-state index >= 15 is 0 Å². The minimum absolute atomic E-state index is 0.172. The fraction of sp³-hybridized carbons (Fsp3) is 0.625. The Morgan fingerprint density at radius 1 is 1.00 bits per heavy atom. The summed E-state index contributed by atoms with van der Waals surface area (Å²) in [4.78, 5) is 0. The van der Waals surface area contributed by atoms with E-state index in [9.17, 15) is 0 Å². The van der Waals surface area contributed by atoms with Crippen LogP contribution in [0.1, 0.15) is 44.9 Å². The highest BCUT2D eigenvalue weighted by molar-refractivity contribution is 6.34. The van der Waals surface area contributed by atoms with Crippen molar-refractivity contribution >= 4 is 23.2 Å². The molecule has 2 aliphatic carbocycles. The van der Waals surface area contributed by atoms with Gasteiger partial charge in [0, 0.05) is 27.9 Å². The number of rotatable bonds is 2. The van der Waals surface area contributed by atoms with Crippen LogP contribution < -0.4 is 10.5 Å². The normalized spacial score (nSPS) is 28.8. The molecule has 0 heterocycles. The number of nitrogens with two attached hydrogens (primary N) is 1. The van der Waals surface area contributed by atoms with Crippen molar-refractivity contribution in [2.45, 2.75) is 57.1 Å². The Morgan fingerprint density at radius 2 is 1.60 bits per heavy atom. The number of hydrogen-bond acceptors (Lipinski definition) is 2. The van der Waals surface area contributed by atoms with Gasteiger partial charge in [0.2, 0.25) is 0 Å². The summed E-state index contributed by atoms with van der Waals surface area (Å²) in [5, 5.41) is 1.23. The molecular formula is C16H21Cl2NO. The molecule has 2 saturated carbocycles. The summed E-state index contributed by atoms with van der Waals surface area (Å²) in [5.74, 6) is 0.767. The number of ether oxygens (including phenoxy) is 1. The molecule has 1 spiro atoms. The first-order chi connectivity index (χ1) is 9.60. The van der Waals surface area contributed by atoms with Crippen LogP contribution in [-0.4, -0.2) is 12.1 Å². The number of benzene rings is 1. The van der Waals surface area contributed by atoms with Gasteiger partial charge >= 0.3 is 0 Å². The summed E-state index contributed by atoms with van der Waals surface area (Å²) in [6, 6.07) is 5.67. The molecule has 2 atom stereocenters. The maximum absolute atomic E-state index is 6.33. The third kappa shape index (κ3) is 2.66. The third-order valence-electron chi connectivity index (χ3n) is 5.00. The lowest BCUT2D eigenvalue weighted by atomic mass is 9.58. The van der Waals surface area contributed by atoms with Crippen LogP contribution in [0.3, 0.4) is 0 Å². The average molecular weight is 314 g/mol. The molecule has 0 bridgehead atoms. The van der Waals surface area contributed by atoms with Gasteiger partial charge in [-0.1, -0.05) is 48.9 Å². The Balaban J connectivity index is 1.76. The number of hydrogen-bond donors (Lipinski definition) is 1. The third-order valence-corrected chi connectivity index (χ3v) is 5.43. The molecule has 0 saturated heterocycles.